The average molecular weight is 814 g/mol. The number of anilines is 3. The molecule has 0 saturated heterocycles. The summed E-state index contributed by atoms with van der Waals surface area (Å²) in [7, 11) is 4.87. The van der Waals surface area contributed by atoms with Crippen molar-refractivity contribution in [1.29, 1.82) is 10.5 Å². The number of nitrogens with two attached hydrogens (primary N) is 1. The Hall–Kier alpha value is -8.47. The van der Waals surface area contributed by atoms with Crippen LogP contribution in [0, 0.1) is 22.7 Å². The summed E-state index contributed by atoms with van der Waals surface area (Å²) in [5.74, 6) is -0.250. The van der Waals surface area contributed by atoms with E-state index in [1.165, 1.54) is 16.0 Å². The fraction of sp³-hybridized carbons (Fsp3) is 0.0698. The van der Waals surface area contributed by atoms with Gasteiger partial charge >= 0.3 is 0 Å². The molecule has 0 atom stereocenters. The third-order valence-electron chi connectivity index (χ3n) is 9.46. The number of hydrogen-bond donors (Lipinski definition) is 2. The van der Waals surface area contributed by atoms with Crippen molar-refractivity contribution in [2.24, 2.45) is 0 Å². The molecule has 3 amide bonds. The maximum Gasteiger partial charge on any atom is 0.269 e. The van der Waals surface area contributed by atoms with Gasteiger partial charge in [0, 0.05) is 91.2 Å². The number of nitrogens with zero attached hydrogens (tertiary/aromatic N) is 11. The highest BCUT2D eigenvalue weighted by Gasteiger charge is 2.19. The summed E-state index contributed by atoms with van der Waals surface area (Å²) in [6.07, 6.45) is 11.5. The van der Waals surface area contributed by atoms with Crippen molar-refractivity contribution < 1.29 is 14.4 Å². The van der Waals surface area contributed by atoms with E-state index in [2.05, 4.69) is 36.5 Å². The fourth-order valence-corrected chi connectivity index (χ4v) is 6.22. The van der Waals surface area contributed by atoms with Gasteiger partial charge in [0.15, 0.2) is 5.15 Å². The molecule has 294 valence electrons. The monoisotopic (exact) mass is 813 g/mol. The average Bonchev–Trinajstić information content (AvgIpc) is 3.93. The number of hydrogen-bond acceptors (Lipinski definition) is 11. The third kappa shape index (κ3) is 8.03. The van der Waals surface area contributed by atoms with Crippen LogP contribution >= 0.6 is 11.6 Å². The van der Waals surface area contributed by atoms with E-state index >= 15 is 0 Å². The summed E-state index contributed by atoms with van der Waals surface area (Å²) in [5, 5.41) is 29.3. The first-order valence-electron chi connectivity index (χ1n) is 18.0. The molecule has 0 aliphatic rings. The van der Waals surface area contributed by atoms with E-state index < -0.39 is 0 Å². The van der Waals surface area contributed by atoms with E-state index in [-0.39, 0.29) is 22.9 Å². The molecule has 17 heteroatoms. The van der Waals surface area contributed by atoms with Crippen LogP contribution in [0.5, 0.6) is 0 Å². The second-order valence-corrected chi connectivity index (χ2v) is 13.5. The number of fused-ring (bicyclic) bond motifs is 2. The van der Waals surface area contributed by atoms with Gasteiger partial charge in [-0.25, -0.2) is 19.0 Å². The molecule has 0 fully saturated rings. The molecule has 0 aliphatic carbocycles. The number of pyridine rings is 5. The van der Waals surface area contributed by atoms with Gasteiger partial charge in [0.05, 0.1) is 46.3 Å². The second kappa shape index (κ2) is 16.9. The van der Waals surface area contributed by atoms with Crippen LogP contribution in [0.15, 0.2) is 122 Å². The molecule has 7 heterocycles. The van der Waals surface area contributed by atoms with Crippen molar-refractivity contribution in [3.8, 4) is 34.4 Å². The molecule has 0 spiro atoms. The number of benzene rings is 1. The lowest BCUT2D eigenvalue weighted by Gasteiger charge is -2.17. The predicted molar refractivity (Wildman–Crippen MR) is 225 cm³/mol. The summed E-state index contributed by atoms with van der Waals surface area (Å²) in [5.41, 5.74) is 13.7. The molecule has 7 aromatic heterocycles. The molecule has 0 unspecified atom stereocenters. The number of nitrogen functional groups attached to an aromatic ring is 1. The summed E-state index contributed by atoms with van der Waals surface area (Å²) >= 11 is 5.91. The van der Waals surface area contributed by atoms with Crippen molar-refractivity contribution >= 4 is 57.5 Å². The lowest BCUT2D eigenvalue weighted by molar-refractivity contribution is 0.0955. The van der Waals surface area contributed by atoms with Gasteiger partial charge in [0.1, 0.15) is 17.6 Å². The van der Waals surface area contributed by atoms with Crippen molar-refractivity contribution in [2.45, 2.75) is 0 Å². The maximum absolute atomic E-state index is 13.0. The molecular weight excluding hydrogens is 782 g/mol. The van der Waals surface area contributed by atoms with Gasteiger partial charge in [0.2, 0.25) is 0 Å². The SMILES string of the molecule is CN(C(=O)c1ccn2ncc(-c3cnc(Cl)c(N)c3)c2c1)c1ccc(C#N)cn1.CNC(=O)c1ccc(-c2cnn3ccc(C(=O)N(C)c4ccc(C#N)cc4)cc23)cn1. The van der Waals surface area contributed by atoms with Crippen LogP contribution in [0.4, 0.5) is 17.2 Å². The zero-order chi connectivity index (χ0) is 42.5. The smallest absolute Gasteiger partial charge is 0.269 e. The number of halogens is 1. The molecule has 0 bridgehead atoms. The Balaban J connectivity index is 0.000000182. The minimum Gasteiger partial charge on any atom is -0.396 e. The Morgan fingerprint density at radius 1 is 0.683 bits per heavy atom. The Labute approximate surface area is 347 Å². The Morgan fingerprint density at radius 3 is 1.80 bits per heavy atom. The molecule has 1 aromatic carbocycles. The lowest BCUT2D eigenvalue weighted by atomic mass is 10.1. The first-order chi connectivity index (χ1) is 29.0. The Morgan fingerprint density at radius 2 is 1.27 bits per heavy atom. The number of rotatable bonds is 7. The molecule has 0 aliphatic heterocycles. The topological polar surface area (TPSA) is 217 Å². The largest absolute Gasteiger partial charge is 0.396 e. The van der Waals surface area contributed by atoms with Crippen LogP contribution in [0.3, 0.4) is 0 Å². The summed E-state index contributed by atoms with van der Waals surface area (Å²) < 4.78 is 3.34. The van der Waals surface area contributed by atoms with Gasteiger partial charge < -0.3 is 16.0 Å². The van der Waals surface area contributed by atoms with E-state index in [4.69, 9.17) is 27.9 Å². The third-order valence-corrected chi connectivity index (χ3v) is 9.78. The Bertz CT molecular complexity index is 3000. The highest BCUT2D eigenvalue weighted by atomic mass is 35.5. The number of nitriles is 2. The van der Waals surface area contributed by atoms with E-state index in [1.807, 2.05) is 6.07 Å². The molecule has 0 radical (unpaired) electrons. The molecular formula is C43H32ClN13O3. The van der Waals surface area contributed by atoms with Crippen LogP contribution in [-0.4, -0.2) is 73.0 Å². The highest BCUT2D eigenvalue weighted by Crippen LogP contribution is 2.29. The van der Waals surface area contributed by atoms with Gasteiger partial charge in [0.25, 0.3) is 17.7 Å². The summed E-state index contributed by atoms with van der Waals surface area (Å²) in [6, 6.07) is 26.2. The van der Waals surface area contributed by atoms with Crippen molar-refractivity contribution in [2.75, 3.05) is 36.7 Å². The van der Waals surface area contributed by atoms with E-state index in [0.29, 0.717) is 45.1 Å². The number of amides is 3. The molecule has 60 heavy (non-hydrogen) atoms. The first kappa shape index (κ1) is 39.8. The normalized spacial score (nSPS) is 10.6. The second-order valence-electron chi connectivity index (χ2n) is 13.1. The van der Waals surface area contributed by atoms with Crippen LogP contribution < -0.4 is 20.9 Å². The van der Waals surface area contributed by atoms with Gasteiger partial charge in [-0.1, -0.05) is 17.7 Å². The molecule has 0 saturated carbocycles. The molecule has 3 N–H and O–H groups in total. The molecule has 8 aromatic rings. The van der Waals surface area contributed by atoms with Crippen molar-refractivity contribution in [3.63, 3.8) is 0 Å². The summed E-state index contributed by atoms with van der Waals surface area (Å²) in [4.78, 5) is 53.1. The highest BCUT2D eigenvalue weighted by molar-refractivity contribution is 6.31. The lowest BCUT2D eigenvalue weighted by Crippen LogP contribution is -2.27. The van der Waals surface area contributed by atoms with Crippen LogP contribution in [0.2, 0.25) is 5.15 Å². The van der Waals surface area contributed by atoms with Gasteiger partial charge in [-0.15, -0.1) is 0 Å². The quantitative estimate of drug-likeness (QED) is 0.176. The molecule has 8 rings (SSSR count). The summed E-state index contributed by atoms with van der Waals surface area (Å²) in [6.45, 7) is 0. The van der Waals surface area contributed by atoms with Gasteiger partial charge in [-0.3, -0.25) is 24.3 Å². The van der Waals surface area contributed by atoms with Crippen molar-refractivity contribution in [3.05, 3.63) is 155 Å². The Kier molecular flexibility index (Phi) is 11.2. The van der Waals surface area contributed by atoms with Gasteiger partial charge in [-0.2, -0.15) is 20.7 Å². The standard InChI is InChI=1S/C23H18N6O2.C20H14ClN7O/c1-25-22(30)20-8-5-17(13-26-20)19-14-27-29-10-9-16(11-21(19)29)23(31)28(2)18-6-3-15(12-24)4-7-18;1-27(18-3-2-12(8-22)9-24-18)20(29)13-4-5-28-17(7-13)15(11-26-28)14-6-16(23)19(21)25-10-14/h3-11,13-14H,1-2H3,(H,25,30);2-7,9-11H,23H2,1H3. The van der Waals surface area contributed by atoms with Gasteiger partial charge in [-0.05, 0) is 72.8 Å². The predicted octanol–water partition coefficient (Wildman–Crippen LogP) is 6.08. The zero-order valence-electron chi connectivity index (χ0n) is 32.1. The number of carbonyl (C=O) groups excluding carboxylic acids is 3. The maximum atomic E-state index is 13.0. The van der Waals surface area contributed by atoms with E-state index in [1.54, 1.807) is 146 Å². The zero-order valence-corrected chi connectivity index (χ0v) is 32.9. The van der Waals surface area contributed by atoms with E-state index in [0.717, 1.165) is 33.3 Å². The van der Waals surface area contributed by atoms with E-state index in [9.17, 15) is 14.4 Å². The van der Waals surface area contributed by atoms with Crippen LogP contribution in [0.1, 0.15) is 42.3 Å². The van der Waals surface area contributed by atoms with Crippen LogP contribution in [0.25, 0.3) is 33.3 Å². The first-order valence-corrected chi connectivity index (χ1v) is 18.3. The number of carbonyl (C=O) groups is 3. The van der Waals surface area contributed by atoms with Crippen molar-refractivity contribution in [1.82, 2.24) is 39.5 Å². The molecule has 16 nitrogen and oxygen atoms in total. The minimum absolute atomic E-state index is 0.188. The minimum atomic E-state index is -0.259. The number of aromatic nitrogens is 7. The fourth-order valence-electron chi connectivity index (χ4n) is 6.12. The number of nitrogens with one attached hydrogen (secondary N) is 1. The van der Waals surface area contributed by atoms with Crippen LogP contribution in [-0.2, 0) is 0 Å².